The van der Waals surface area contributed by atoms with Gasteiger partial charge >= 0.3 is 0 Å². The molecule has 0 spiro atoms. The smallest absolute Gasteiger partial charge is 0.250 e. The van der Waals surface area contributed by atoms with E-state index in [-0.39, 0.29) is 18.1 Å². The number of halogens is 3. The number of alkyl halides is 2. The number of anilines is 1. The van der Waals surface area contributed by atoms with Gasteiger partial charge in [-0.25, -0.2) is 18.7 Å². The first-order valence-corrected chi connectivity index (χ1v) is 10.1. The number of aromatic nitrogens is 2. The van der Waals surface area contributed by atoms with Crippen molar-refractivity contribution in [3.63, 3.8) is 0 Å². The topological polar surface area (TPSA) is 41.1 Å². The molecular formula is C19H31ClF2N4. The lowest BCUT2D eigenvalue weighted by Gasteiger charge is -2.41. The van der Waals surface area contributed by atoms with Crippen molar-refractivity contribution in [2.75, 3.05) is 18.4 Å². The molecule has 1 aliphatic carbocycles. The Labute approximate surface area is 160 Å². The summed E-state index contributed by atoms with van der Waals surface area (Å²) >= 11 is 5.96. The van der Waals surface area contributed by atoms with E-state index < -0.39 is 5.92 Å². The maximum atomic E-state index is 13.3. The standard InChI is InChI=1S/C17H25ClF2N4.C2H6/c1-11-12(2)21-16(18)23-15(11)22-13-3-5-14(6-4-13)24-9-7-17(19,20)8-10-24;1-2/h13-14H,3-10H2,1-2H3,(H,21,22,23);1-2H3. The van der Waals surface area contributed by atoms with E-state index in [2.05, 4.69) is 20.2 Å². The number of rotatable bonds is 3. The van der Waals surface area contributed by atoms with Gasteiger partial charge in [-0.05, 0) is 51.1 Å². The van der Waals surface area contributed by atoms with Crippen LogP contribution in [0.25, 0.3) is 0 Å². The third-order valence-corrected chi connectivity index (χ3v) is 5.61. The van der Waals surface area contributed by atoms with E-state index in [0.29, 0.717) is 25.2 Å². The van der Waals surface area contributed by atoms with Gasteiger partial charge in [-0.3, -0.25) is 4.90 Å². The second kappa shape index (κ2) is 9.27. The molecule has 2 heterocycles. The molecule has 1 aliphatic heterocycles. The Morgan fingerprint density at radius 2 is 1.62 bits per heavy atom. The molecule has 2 fully saturated rings. The summed E-state index contributed by atoms with van der Waals surface area (Å²) in [6.45, 7) is 8.97. The number of hydrogen-bond acceptors (Lipinski definition) is 4. The summed E-state index contributed by atoms with van der Waals surface area (Å²) in [6, 6.07) is 0.799. The van der Waals surface area contributed by atoms with E-state index >= 15 is 0 Å². The monoisotopic (exact) mass is 388 g/mol. The fourth-order valence-electron chi connectivity index (χ4n) is 3.73. The molecule has 1 saturated carbocycles. The average molecular weight is 389 g/mol. The number of likely N-dealkylation sites (tertiary alicyclic amines) is 1. The fraction of sp³-hybridized carbons (Fsp3) is 0.789. The Balaban J connectivity index is 0.00000117. The first-order valence-electron chi connectivity index (χ1n) is 9.73. The molecule has 26 heavy (non-hydrogen) atoms. The molecule has 4 nitrogen and oxygen atoms in total. The highest BCUT2D eigenvalue weighted by Gasteiger charge is 2.37. The number of nitrogens with zero attached hydrogens (tertiary/aromatic N) is 3. The van der Waals surface area contributed by atoms with Crippen molar-refractivity contribution in [1.29, 1.82) is 0 Å². The van der Waals surface area contributed by atoms with Gasteiger partial charge in [-0.15, -0.1) is 0 Å². The Hall–Kier alpha value is -1.01. The number of nitrogens with one attached hydrogen (secondary N) is 1. The average Bonchev–Trinajstić information content (AvgIpc) is 2.62. The van der Waals surface area contributed by atoms with Gasteiger partial charge in [-0.2, -0.15) is 0 Å². The quantitative estimate of drug-likeness (QED) is 0.720. The summed E-state index contributed by atoms with van der Waals surface area (Å²) < 4.78 is 26.6. The van der Waals surface area contributed by atoms with Crippen molar-refractivity contribution < 1.29 is 8.78 Å². The largest absolute Gasteiger partial charge is 0.367 e. The van der Waals surface area contributed by atoms with Gasteiger partial charge in [0.15, 0.2) is 0 Å². The highest BCUT2D eigenvalue weighted by Crippen LogP contribution is 2.33. The summed E-state index contributed by atoms with van der Waals surface area (Å²) in [4.78, 5) is 10.7. The second-order valence-corrected chi connectivity index (χ2v) is 7.43. The second-order valence-electron chi connectivity index (χ2n) is 7.09. The predicted molar refractivity (Wildman–Crippen MR) is 103 cm³/mol. The zero-order valence-corrected chi connectivity index (χ0v) is 17.0. The lowest BCUT2D eigenvalue weighted by Crippen LogP contribution is -2.47. The van der Waals surface area contributed by atoms with Gasteiger partial charge in [0, 0.05) is 49.3 Å². The Morgan fingerprint density at radius 3 is 2.19 bits per heavy atom. The molecule has 0 amide bonds. The molecule has 1 N–H and O–H groups in total. The SMILES string of the molecule is CC.Cc1nc(Cl)nc(NC2CCC(N3CCC(F)(F)CC3)CC2)c1C. The minimum atomic E-state index is -2.46. The number of hydrogen-bond donors (Lipinski definition) is 1. The van der Waals surface area contributed by atoms with Crippen LogP contribution < -0.4 is 5.32 Å². The lowest BCUT2D eigenvalue weighted by molar-refractivity contribution is -0.0657. The van der Waals surface area contributed by atoms with Crippen LogP contribution in [0.4, 0.5) is 14.6 Å². The molecule has 0 radical (unpaired) electrons. The van der Waals surface area contributed by atoms with Gasteiger partial charge < -0.3 is 5.32 Å². The first kappa shape index (κ1) is 21.3. The van der Waals surface area contributed by atoms with Crippen molar-refractivity contribution in [2.24, 2.45) is 0 Å². The third kappa shape index (κ3) is 5.49. The maximum absolute atomic E-state index is 13.3. The zero-order chi connectivity index (χ0) is 19.3. The van der Waals surface area contributed by atoms with Gasteiger partial charge in [0.05, 0.1) is 0 Å². The Bertz CT molecular complexity index is 579. The normalized spacial score (nSPS) is 26.0. The van der Waals surface area contributed by atoms with Crippen LogP contribution in [0.5, 0.6) is 0 Å². The van der Waals surface area contributed by atoms with E-state index in [9.17, 15) is 8.78 Å². The van der Waals surface area contributed by atoms with E-state index in [1.165, 1.54) is 0 Å². The highest BCUT2D eigenvalue weighted by molar-refractivity contribution is 6.28. The summed E-state index contributed by atoms with van der Waals surface area (Å²) in [5, 5.41) is 3.76. The molecule has 0 aromatic carbocycles. The van der Waals surface area contributed by atoms with Crippen LogP contribution in [0.1, 0.15) is 63.6 Å². The lowest BCUT2D eigenvalue weighted by atomic mass is 9.88. The van der Waals surface area contributed by atoms with Crippen molar-refractivity contribution in [3.8, 4) is 0 Å². The first-order chi connectivity index (χ1) is 12.3. The maximum Gasteiger partial charge on any atom is 0.250 e. The minimum Gasteiger partial charge on any atom is -0.367 e. The van der Waals surface area contributed by atoms with Crippen molar-refractivity contribution >= 4 is 17.4 Å². The molecule has 2 aliphatic rings. The summed E-state index contributed by atoms with van der Waals surface area (Å²) in [7, 11) is 0. The van der Waals surface area contributed by atoms with Crippen molar-refractivity contribution in [1.82, 2.24) is 14.9 Å². The van der Waals surface area contributed by atoms with E-state index in [4.69, 9.17) is 11.6 Å². The summed E-state index contributed by atoms with van der Waals surface area (Å²) in [5.41, 5.74) is 1.92. The molecule has 3 rings (SSSR count). The highest BCUT2D eigenvalue weighted by atomic mass is 35.5. The molecule has 0 bridgehead atoms. The molecule has 1 aromatic rings. The molecule has 7 heteroatoms. The fourth-order valence-corrected chi connectivity index (χ4v) is 3.94. The third-order valence-electron chi connectivity index (χ3n) is 5.45. The van der Waals surface area contributed by atoms with Crippen LogP contribution in [-0.2, 0) is 0 Å². The van der Waals surface area contributed by atoms with E-state index in [1.807, 2.05) is 27.7 Å². The van der Waals surface area contributed by atoms with E-state index in [1.54, 1.807) is 0 Å². The molecule has 0 atom stereocenters. The molecular weight excluding hydrogens is 358 g/mol. The molecule has 148 valence electrons. The predicted octanol–water partition coefficient (Wildman–Crippen LogP) is 5.23. The minimum absolute atomic E-state index is 0.00306. The van der Waals surface area contributed by atoms with Crippen LogP contribution in [-0.4, -0.2) is 46.0 Å². The summed E-state index contributed by atoms with van der Waals surface area (Å²) in [5.74, 6) is -1.65. The van der Waals surface area contributed by atoms with Gasteiger partial charge in [0.1, 0.15) is 5.82 Å². The van der Waals surface area contributed by atoms with Crippen LogP contribution in [0.15, 0.2) is 0 Å². The Kier molecular flexibility index (Phi) is 7.59. The van der Waals surface area contributed by atoms with Crippen molar-refractivity contribution in [2.45, 2.75) is 84.2 Å². The molecule has 0 unspecified atom stereocenters. The van der Waals surface area contributed by atoms with Gasteiger partial charge in [0.25, 0.3) is 5.92 Å². The number of piperidine rings is 1. The van der Waals surface area contributed by atoms with Crippen molar-refractivity contribution in [3.05, 3.63) is 16.5 Å². The van der Waals surface area contributed by atoms with Crippen LogP contribution >= 0.6 is 11.6 Å². The van der Waals surface area contributed by atoms with Crippen LogP contribution in [0.2, 0.25) is 5.28 Å². The molecule has 1 aromatic heterocycles. The zero-order valence-electron chi connectivity index (χ0n) is 16.3. The number of aryl methyl sites for hydroxylation is 1. The van der Waals surface area contributed by atoms with Gasteiger partial charge in [-0.1, -0.05) is 13.8 Å². The Morgan fingerprint density at radius 1 is 1.04 bits per heavy atom. The molecule has 1 saturated heterocycles. The van der Waals surface area contributed by atoms with Gasteiger partial charge in [0.2, 0.25) is 5.28 Å². The van der Waals surface area contributed by atoms with E-state index in [0.717, 1.165) is 42.8 Å². The van der Waals surface area contributed by atoms with Crippen LogP contribution in [0, 0.1) is 13.8 Å². The summed E-state index contributed by atoms with van der Waals surface area (Å²) in [6.07, 6.45) is 4.14. The van der Waals surface area contributed by atoms with Crippen LogP contribution in [0.3, 0.4) is 0 Å².